The Morgan fingerprint density at radius 2 is 1.67 bits per heavy atom. The van der Waals surface area contributed by atoms with Gasteiger partial charge in [0.05, 0.1) is 23.7 Å². The minimum Gasteiger partial charge on any atom is -0.507 e. The van der Waals surface area contributed by atoms with E-state index in [-0.39, 0.29) is 5.56 Å². The van der Waals surface area contributed by atoms with Crippen LogP contribution in [0.2, 0.25) is 0 Å². The van der Waals surface area contributed by atoms with Gasteiger partial charge in [0, 0.05) is 23.3 Å². The van der Waals surface area contributed by atoms with E-state index in [1.54, 1.807) is 0 Å². The van der Waals surface area contributed by atoms with Crippen molar-refractivity contribution < 1.29 is 61.9 Å². The van der Waals surface area contributed by atoms with Gasteiger partial charge in [-0.3, -0.25) is 14.4 Å². The Labute approximate surface area is 236 Å². The molecule has 1 aromatic carbocycles. The van der Waals surface area contributed by atoms with E-state index in [9.17, 15) is 61.9 Å². The monoisotopic (exact) mass is 608 g/mol. The highest BCUT2D eigenvalue weighted by Crippen LogP contribution is 2.68. The number of aliphatic hydroxyl groups is 4. The molecule has 2 fully saturated rings. The first-order valence-corrected chi connectivity index (χ1v) is 13.2. The van der Waals surface area contributed by atoms with Crippen LogP contribution in [0.25, 0.3) is 0 Å². The number of hydrogen-bond donors (Lipinski definition) is 7. The van der Waals surface area contributed by atoms with Crippen LogP contribution >= 0.6 is 0 Å². The fourth-order valence-electron chi connectivity index (χ4n) is 8.21. The molecule has 3 aliphatic carbocycles. The fourth-order valence-corrected chi connectivity index (χ4v) is 8.21. The highest BCUT2D eigenvalue weighted by molar-refractivity contribution is 6.09. The quantitative estimate of drug-likeness (QED) is 0.144. The molecular weight excluding hydrogens is 575 g/mol. The maximum absolute atomic E-state index is 14.1. The van der Waals surface area contributed by atoms with Gasteiger partial charge in [-0.1, -0.05) is 39.8 Å². The van der Waals surface area contributed by atoms with Crippen molar-refractivity contribution in [1.82, 2.24) is 5.32 Å². The zero-order valence-corrected chi connectivity index (χ0v) is 23.0. The summed E-state index contributed by atoms with van der Waals surface area (Å²) in [5.74, 6) is -12.7. The van der Waals surface area contributed by atoms with Crippen LogP contribution in [0.4, 0.5) is 22.0 Å². The van der Waals surface area contributed by atoms with Crippen molar-refractivity contribution in [3.63, 3.8) is 0 Å². The number of carbonyl (C=O) groups excluding carboxylic acids is 3. The molecule has 0 spiro atoms. The predicted octanol–water partition coefficient (Wildman–Crippen LogP) is 0.829. The van der Waals surface area contributed by atoms with Crippen LogP contribution in [0.5, 0.6) is 5.75 Å². The molecule has 0 aliphatic heterocycles. The normalized spacial score (nSPS) is 40.4. The highest BCUT2D eigenvalue weighted by Gasteiger charge is 2.80. The van der Waals surface area contributed by atoms with Gasteiger partial charge >= 0.3 is 12.2 Å². The minimum absolute atomic E-state index is 0.233. The van der Waals surface area contributed by atoms with Gasteiger partial charge in [-0.25, -0.2) is 5.32 Å². The van der Waals surface area contributed by atoms with Gasteiger partial charge < -0.3 is 31.3 Å². The Hall–Kier alpha value is -2.72. The predicted molar refractivity (Wildman–Crippen MR) is 133 cm³/mol. The van der Waals surface area contributed by atoms with Crippen LogP contribution in [0.1, 0.15) is 49.5 Å². The third kappa shape index (κ3) is 3.82. The number of nitrogens with one attached hydrogen (secondary N) is 1. The number of phenolic OH excluding ortho intramolecular Hbond substituents is 1. The van der Waals surface area contributed by atoms with Crippen molar-refractivity contribution in [1.29, 1.82) is 0 Å². The Morgan fingerprint density at radius 3 is 2.17 bits per heavy atom. The molecule has 42 heavy (non-hydrogen) atoms. The lowest BCUT2D eigenvalue weighted by Crippen LogP contribution is -2.84. The molecule has 1 amide bonds. The molecule has 0 heterocycles. The summed E-state index contributed by atoms with van der Waals surface area (Å²) in [5, 5.41) is 58.9. The van der Waals surface area contributed by atoms with Gasteiger partial charge in [0.25, 0.3) is 0 Å². The van der Waals surface area contributed by atoms with Crippen molar-refractivity contribution in [2.45, 2.75) is 69.7 Å². The topological polar surface area (TPSA) is 190 Å². The van der Waals surface area contributed by atoms with Crippen molar-refractivity contribution in [2.75, 3.05) is 6.54 Å². The third-order valence-corrected chi connectivity index (χ3v) is 10.1. The molecule has 10 atom stereocenters. The van der Waals surface area contributed by atoms with Crippen molar-refractivity contribution >= 4 is 17.5 Å². The number of Topliss-reactive ketones (excluding diaryl/α,β-unsaturated/α-hetero) is 2. The van der Waals surface area contributed by atoms with Gasteiger partial charge in [-0.15, -0.1) is 0 Å². The SMILES string of the molecule is CC(C)[C@H]1C(O)[C@@H](C(N)=O)C(=O)[C@]2(O)C(O)[C@H]3C(=O)c4c(O)cccc4[C@@H](CNC(F)(F)C(F)(F)F)[C@]3(C)[C@@H](O)[C@]12C. The average Bonchev–Trinajstić information content (AvgIpc) is 2.84. The Bertz CT molecular complexity index is 1320. The summed E-state index contributed by atoms with van der Waals surface area (Å²) in [7, 11) is 0. The number of amides is 1. The first-order chi connectivity index (χ1) is 19.0. The molecule has 3 aliphatic rings. The number of alkyl halides is 5. The average molecular weight is 609 g/mol. The number of hydrogen-bond acceptors (Lipinski definition) is 9. The van der Waals surface area contributed by atoms with E-state index in [0.29, 0.717) is 0 Å². The summed E-state index contributed by atoms with van der Waals surface area (Å²) in [4.78, 5) is 39.9. The van der Waals surface area contributed by atoms with E-state index in [2.05, 4.69) is 0 Å². The van der Waals surface area contributed by atoms with E-state index in [1.165, 1.54) is 26.0 Å². The Kier molecular flexibility index (Phi) is 7.39. The summed E-state index contributed by atoms with van der Waals surface area (Å²) >= 11 is 0. The summed E-state index contributed by atoms with van der Waals surface area (Å²) in [6.07, 6.45) is -12.6. The number of carbonyl (C=O) groups is 3. The lowest BCUT2D eigenvalue weighted by atomic mass is 9.36. The van der Waals surface area contributed by atoms with Gasteiger partial charge in [0.2, 0.25) is 5.91 Å². The molecule has 15 heteroatoms. The standard InChI is InChI=1S/C27H33F5N2O8/c1-9(2)15-18(37)14(21(33)40)19(38)25(42)20(39)16-17(36)13-10(6-5-7-12(13)35)11(8-34-27(31,32)26(28,29)30)23(16,3)22(41)24(15,25)4/h5-7,9,11,14-16,18,20,22,34-35,37,39,41-42H,8H2,1-4H3,(H2,33,40)/t11-,14-,15+,16-,18?,20?,22-,23+,24+,25+/m1/s1. The summed E-state index contributed by atoms with van der Waals surface area (Å²) in [5.41, 5.74) is -3.08. The summed E-state index contributed by atoms with van der Waals surface area (Å²) in [6.45, 7) is 4.00. The van der Waals surface area contributed by atoms with Crippen LogP contribution < -0.4 is 11.1 Å². The zero-order valence-electron chi connectivity index (χ0n) is 23.0. The summed E-state index contributed by atoms with van der Waals surface area (Å²) in [6, 6.07) is -2.03. The fraction of sp³-hybridized carbons (Fsp3) is 0.667. The molecule has 1 aromatic rings. The molecule has 4 rings (SSSR count). The number of phenols is 1. The number of aromatic hydroxyl groups is 1. The molecule has 10 nitrogen and oxygen atoms in total. The Morgan fingerprint density at radius 1 is 1.10 bits per heavy atom. The van der Waals surface area contributed by atoms with E-state index in [1.807, 2.05) is 0 Å². The third-order valence-electron chi connectivity index (χ3n) is 10.1. The van der Waals surface area contributed by atoms with Gasteiger partial charge in [-0.05, 0) is 23.5 Å². The maximum Gasteiger partial charge on any atom is 0.469 e. The molecule has 2 saturated carbocycles. The van der Waals surface area contributed by atoms with Gasteiger partial charge in [0.15, 0.2) is 17.2 Å². The van der Waals surface area contributed by atoms with Gasteiger partial charge in [-0.2, -0.15) is 22.0 Å². The molecule has 0 radical (unpaired) electrons. The second-order valence-electron chi connectivity index (χ2n) is 12.4. The maximum atomic E-state index is 14.1. The lowest BCUT2D eigenvalue weighted by molar-refractivity contribution is -0.310. The van der Waals surface area contributed by atoms with Crippen LogP contribution in [-0.2, 0) is 9.59 Å². The number of fused-ring (bicyclic) bond motifs is 3. The van der Waals surface area contributed by atoms with Crippen LogP contribution in [0.3, 0.4) is 0 Å². The molecule has 2 unspecified atom stereocenters. The molecule has 0 saturated heterocycles. The number of primary amides is 1. The second-order valence-corrected chi connectivity index (χ2v) is 12.4. The number of aliphatic hydroxyl groups excluding tert-OH is 3. The highest BCUT2D eigenvalue weighted by atomic mass is 19.4. The van der Waals surface area contributed by atoms with Crippen LogP contribution in [-0.4, -0.2) is 85.7 Å². The number of nitrogens with two attached hydrogens (primary N) is 1. The smallest absolute Gasteiger partial charge is 0.469 e. The van der Waals surface area contributed by atoms with Crippen molar-refractivity contribution in [2.24, 2.45) is 40.2 Å². The number of rotatable bonds is 5. The first kappa shape index (κ1) is 32.2. The molecule has 8 N–H and O–H groups in total. The molecular formula is C27H33F5N2O8. The first-order valence-electron chi connectivity index (χ1n) is 13.2. The second kappa shape index (κ2) is 9.64. The molecule has 234 valence electrons. The largest absolute Gasteiger partial charge is 0.507 e. The molecule has 0 bridgehead atoms. The Balaban J connectivity index is 2.03. The van der Waals surface area contributed by atoms with Crippen LogP contribution in [0, 0.1) is 34.5 Å². The van der Waals surface area contributed by atoms with Crippen LogP contribution in [0.15, 0.2) is 18.2 Å². The number of benzene rings is 1. The van der Waals surface area contributed by atoms with E-state index < -0.39 is 112 Å². The van der Waals surface area contributed by atoms with E-state index in [0.717, 1.165) is 25.2 Å². The van der Waals surface area contributed by atoms with E-state index in [4.69, 9.17) is 5.73 Å². The number of ketones is 2. The van der Waals surface area contributed by atoms with Crippen molar-refractivity contribution in [3.8, 4) is 5.75 Å². The zero-order chi connectivity index (χ0) is 32.1. The number of halogens is 5. The summed E-state index contributed by atoms with van der Waals surface area (Å²) < 4.78 is 67.5. The minimum atomic E-state index is -6.04. The van der Waals surface area contributed by atoms with Crippen molar-refractivity contribution in [3.05, 3.63) is 29.3 Å². The lowest BCUT2D eigenvalue weighted by Gasteiger charge is -2.69. The van der Waals surface area contributed by atoms with Gasteiger partial charge in [0.1, 0.15) is 17.8 Å². The molecule has 0 aromatic heterocycles. The van der Waals surface area contributed by atoms with E-state index >= 15 is 0 Å².